The molecule has 0 bridgehead atoms. The van der Waals surface area contributed by atoms with Crippen LogP contribution in [0, 0.1) is 0 Å². The van der Waals surface area contributed by atoms with Gasteiger partial charge in [-0.05, 0) is 6.92 Å². The summed E-state index contributed by atoms with van der Waals surface area (Å²) < 4.78 is 3.17. The van der Waals surface area contributed by atoms with E-state index in [-0.39, 0.29) is 0 Å². The lowest BCUT2D eigenvalue weighted by Gasteiger charge is -2.28. The molecule has 1 aliphatic heterocycles. The molecular formula is C14H19ClN6O2. The van der Waals surface area contributed by atoms with Crippen molar-refractivity contribution in [3.8, 4) is 0 Å². The first kappa shape index (κ1) is 15.8. The average molecular weight is 339 g/mol. The zero-order valence-electron chi connectivity index (χ0n) is 13.1. The number of rotatable bonds is 3. The third kappa shape index (κ3) is 2.91. The molecule has 1 fully saturated rings. The second kappa shape index (κ2) is 6.21. The number of piperazine rings is 1. The van der Waals surface area contributed by atoms with Crippen molar-refractivity contribution in [2.75, 3.05) is 31.1 Å². The first-order valence-electron chi connectivity index (χ1n) is 7.46. The molecule has 0 spiro atoms. The summed E-state index contributed by atoms with van der Waals surface area (Å²) in [5, 5.41) is 3.92. The van der Waals surface area contributed by atoms with Gasteiger partial charge in [-0.2, -0.15) is 4.98 Å². The highest BCUT2D eigenvalue weighted by atomic mass is 35.5. The number of aromatic amines is 1. The van der Waals surface area contributed by atoms with Gasteiger partial charge in [0, 0.05) is 44.8 Å². The van der Waals surface area contributed by atoms with Crippen molar-refractivity contribution in [3.63, 3.8) is 0 Å². The van der Waals surface area contributed by atoms with E-state index < -0.39 is 11.2 Å². The highest BCUT2D eigenvalue weighted by Crippen LogP contribution is 2.20. The Labute approximate surface area is 137 Å². The third-order valence-electron chi connectivity index (χ3n) is 3.94. The number of hydrogen-bond acceptors (Lipinski definition) is 5. The van der Waals surface area contributed by atoms with Crippen LogP contribution in [0.25, 0.3) is 11.2 Å². The smallest absolute Gasteiger partial charge is 0.329 e. The minimum atomic E-state index is -0.469. The van der Waals surface area contributed by atoms with Crippen molar-refractivity contribution in [1.29, 1.82) is 0 Å². The minimum Gasteiger partial charge on any atom is -0.340 e. The molecule has 0 unspecified atom stereocenters. The minimum absolute atomic E-state index is 0.382. The van der Waals surface area contributed by atoms with E-state index >= 15 is 0 Å². The van der Waals surface area contributed by atoms with Gasteiger partial charge in [0.1, 0.15) is 0 Å². The van der Waals surface area contributed by atoms with E-state index in [1.54, 1.807) is 14.0 Å². The van der Waals surface area contributed by atoms with E-state index in [0.29, 0.717) is 28.7 Å². The van der Waals surface area contributed by atoms with E-state index in [9.17, 15) is 9.59 Å². The second-order valence-corrected chi connectivity index (χ2v) is 6.14. The molecule has 0 saturated carbocycles. The molecule has 3 heterocycles. The molecule has 2 aromatic rings. The lowest BCUT2D eigenvalue weighted by molar-refractivity contribution is 0.572. The monoisotopic (exact) mass is 338 g/mol. The van der Waals surface area contributed by atoms with Gasteiger partial charge in [0.15, 0.2) is 11.2 Å². The van der Waals surface area contributed by atoms with Crippen LogP contribution in [0.3, 0.4) is 0 Å². The van der Waals surface area contributed by atoms with E-state index in [0.717, 1.165) is 26.2 Å². The Morgan fingerprint density at radius 2 is 2.04 bits per heavy atom. The largest absolute Gasteiger partial charge is 0.340 e. The number of aryl methyl sites for hydroxylation is 1. The standard InChI is InChI=1S/C14H19ClN6O2/c1-9(15)3-6-21-10-11(19(2)14(23)18-12(10)22)17-13(21)20-7-4-16-5-8-20/h3,16H,4-8H2,1-2H3,(H,18,22,23). The number of hydrogen-bond donors (Lipinski definition) is 2. The number of H-pyrrole nitrogens is 1. The fraction of sp³-hybridized carbons (Fsp3) is 0.500. The molecule has 3 rings (SSSR count). The molecule has 2 N–H and O–H groups in total. The molecule has 1 saturated heterocycles. The first-order valence-corrected chi connectivity index (χ1v) is 7.84. The van der Waals surface area contributed by atoms with Crippen molar-refractivity contribution < 1.29 is 0 Å². The zero-order chi connectivity index (χ0) is 16.6. The van der Waals surface area contributed by atoms with Gasteiger partial charge in [-0.3, -0.25) is 14.3 Å². The maximum atomic E-state index is 12.3. The van der Waals surface area contributed by atoms with Crippen LogP contribution in [0.4, 0.5) is 5.95 Å². The van der Waals surface area contributed by atoms with Crippen molar-refractivity contribution in [1.82, 2.24) is 24.4 Å². The number of allylic oxidation sites excluding steroid dienone is 2. The van der Waals surface area contributed by atoms with Crippen molar-refractivity contribution in [2.24, 2.45) is 7.05 Å². The van der Waals surface area contributed by atoms with E-state index in [2.05, 4.69) is 20.2 Å². The van der Waals surface area contributed by atoms with Crippen LogP contribution in [0.5, 0.6) is 0 Å². The van der Waals surface area contributed by atoms with Crippen molar-refractivity contribution in [2.45, 2.75) is 13.5 Å². The molecule has 0 radical (unpaired) electrons. The van der Waals surface area contributed by atoms with Crippen LogP contribution in [-0.4, -0.2) is 45.3 Å². The molecule has 124 valence electrons. The van der Waals surface area contributed by atoms with E-state index in [4.69, 9.17) is 11.6 Å². The lowest BCUT2D eigenvalue weighted by atomic mass is 10.4. The molecule has 0 amide bonds. The van der Waals surface area contributed by atoms with Crippen LogP contribution in [-0.2, 0) is 13.6 Å². The maximum Gasteiger partial charge on any atom is 0.329 e. The Hall–Kier alpha value is -2.06. The Morgan fingerprint density at radius 1 is 1.35 bits per heavy atom. The van der Waals surface area contributed by atoms with Crippen LogP contribution in [0.1, 0.15) is 6.92 Å². The van der Waals surface area contributed by atoms with Crippen LogP contribution in [0.2, 0.25) is 0 Å². The summed E-state index contributed by atoms with van der Waals surface area (Å²) in [7, 11) is 1.60. The predicted molar refractivity (Wildman–Crippen MR) is 90.3 cm³/mol. The summed E-state index contributed by atoms with van der Waals surface area (Å²) in [5.41, 5.74) is -0.136. The fourth-order valence-corrected chi connectivity index (χ4v) is 2.79. The number of halogens is 1. The highest BCUT2D eigenvalue weighted by Gasteiger charge is 2.22. The van der Waals surface area contributed by atoms with Gasteiger partial charge in [0.05, 0.1) is 0 Å². The average Bonchev–Trinajstić information content (AvgIpc) is 2.91. The molecule has 0 atom stereocenters. The Morgan fingerprint density at radius 3 is 2.70 bits per heavy atom. The molecule has 9 heteroatoms. The summed E-state index contributed by atoms with van der Waals surface area (Å²) >= 11 is 5.94. The second-order valence-electron chi connectivity index (χ2n) is 5.54. The molecule has 2 aromatic heterocycles. The summed E-state index contributed by atoms with van der Waals surface area (Å²) in [6.45, 7) is 5.49. The van der Waals surface area contributed by atoms with Crippen LogP contribution >= 0.6 is 11.6 Å². The number of nitrogens with one attached hydrogen (secondary N) is 2. The first-order chi connectivity index (χ1) is 11.0. The molecule has 1 aliphatic rings. The van der Waals surface area contributed by atoms with E-state index in [1.165, 1.54) is 4.57 Å². The molecular weight excluding hydrogens is 320 g/mol. The fourth-order valence-electron chi connectivity index (χ4n) is 2.72. The predicted octanol–water partition coefficient (Wildman–Crippen LogP) is -0.0245. The summed E-state index contributed by atoms with van der Waals surface area (Å²) in [6, 6.07) is 0. The van der Waals surface area contributed by atoms with Gasteiger partial charge in [0.2, 0.25) is 5.95 Å². The quantitative estimate of drug-likeness (QED) is 0.821. The highest BCUT2D eigenvalue weighted by molar-refractivity contribution is 6.29. The van der Waals surface area contributed by atoms with Gasteiger partial charge >= 0.3 is 5.69 Å². The normalized spacial score (nSPS) is 16.3. The molecule has 0 aromatic carbocycles. The van der Waals surface area contributed by atoms with Crippen LogP contribution < -0.4 is 21.5 Å². The van der Waals surface area contributed by atoms with E-state index in [1.807, 2.05) is 10.6 Å². The van der Waals surface area contributed by atoms with Crippen molar-refractivity contribution >= 4 is 28.7 Å². The SMILES string of the molecule is CC(Cl)=CCn1c(N2CCNCC2)nc2c1c(=O)[nH]c(=O)n2C. The summed E-state index contributed by atoms with van der Waals surface area (Å²) in [6.07, 6.45) is 1.82. The number of nitrogens with zero attached hydrogens (tertiary/aromatic N) is 4. The van der Waals surface area contributed by atoms with Crippen LogP contribution in [0.15, 0.2) is 20.7 Å². The molecule has 0 aliphatic carbocycles. The summed E-state index contributed by atoms with van der Waals surface area (Å²) in [4.78, 5) is 33.1. The Kier molecular flexibility index (Phi) is 4.27. The van der Waals surface area contributed by atoms with Gasteiger partial charge in [-0.1, -0.05) is 17.7 Å². The number of anilines is 1. The van der Waals surface area contributed by atoms with Gasteiger partial charge in [-0.15, -0.1) is 0 Å². The third-order valence-corrected chi connectivity index (χ3v) is 4.10. The van der Waals surface area contributed by atoms with Crippen molar-refractivity contribution in [3.05, 3.63) is 31.9 Å². The Bertz CT molecular complexity index is 868. The number of imidazole rings is 1. The topological polar surface area (TPSA) is 88.0 Å². The van der Waals surface area contributed by atoms with Gasteiger partial charge < -0.3 is 14.8 Å². The number of fused-ring (bicyclic) bond motifs is 1. The number of aromatic nitrogens is 4. The molecule has 23 heavy (non-hydrogen) atoms. The summed E-state index contributed by atoms with van der Waals surface area (Å²) in [5.74, 6) is 0.683. The zero-order valence-corrected chi connectivity index (χ0v) is 13.9. The maximum absolute atomic E-state index is 12.3. The van der Waals surface area contributed by atoms with Gasteiger partial charge in [0.25, 0.3) is 5.56 Å². The lowest BCUT2D eigenvalue weighted by Crippen LogP contribution is -2.44. The Balaban J connectivity index is 2.24. The molecule has 8 nitrogen and oxygen atoms in total. The van der Waals surface area contributed by atoms with Gasteiger partial charge in [-0.25, -0.2) is 4.79 Å².